The molecule has 35 heavy (non-hydrogen) atoms. The molecule has 1 heterocycles. The quantitative estimate of drug-likeness (QED) is 0.368. The molecule has 1 fully saturated rings. The molecule has 0 N–H and O–H groups in total. The Balaban J connectivity index is 1.47. The summed E-state index contributed by atoms with van der Waals surface area (Å²) in [5, 5.41) is 1.69. The maximum absolute atomic E-state index is 13.2. The molecule has 4 rings (SSSR count). The van der Waals surface area contributed by atoms with E-state index in [0.29, 0.717) is 41.1 Å². The Hall–Kier alpha value is -1.80. The fraction of sp³-hybridized carbons (Fsp3) is 0.320. The van der Waals surface area contributed by atoms with Crippen molar-refractivity contribution in [3.8, 4) is 0 Å². The van der Waals surface area contributed by atoms with Crippen molar-refractivity contribution in [1.29, 1.82) is 0 Å². The van der Waals surface area contributed by atoms with E-state index in [-0.39, 0.29) is 41.0 Å². The predicted molar refractivity (Wildman–Crippen MR) is 138 cm³/mol. The SMILES string of the molecule is O=C(CC1C=CC(SC(F)(F)F)=CC1)N1CCN(c2ccc(Cl)cc2Cl)C(c2ccc(Cl)cc2)C1. The van der Waals surface area contributed by atoms with Crippen LogP contribution in [0.15, 0.2) is 65.6 Å². The van der Waals surface area contributed by atoms with Crippen LogP contribution in [0.3, 0.4) is 0 Å². The lowest BCUT2D eigenvalue weighted by molar-refractivity contribution is -0.132. The Morgan fingerprint density at radius 1 is 1.03 bits per heavy atom. The number of thioether (sulfide) groups is 1. The Morgan fingerprint density at radius 2 is 1.74 bits per heavy atom. The van der Waals surface area contributed by atoms with Crippen LogP contribution in [0.4, 0.5) is 18.9 Å². The molecule has 0 aromatic heterocycles. The number of benzene rings is 2. The first-order chi connectivity index (χ1) is 16.6. The van der Waals surface area contributed by atoms with E-state index >= 15 is 0 Å². The molecule has 2 atom stereocenters. The Labute approximate surface area is 221 Å². The molecule has 1 amide bonds. The van der Waals surface area contributed by atoms with Crippen molar-refractivity contribution in [3.05, 3.63) is 86.2 Å². The zero-order valence-corrected chi connectivity index (χ0v) is 21.5. The van der Waals surface area contributed by atoms with Crippen molar-refractivity contribution >= 4 is 58.2 Å². The van der Waals surface area contributed by atoms with Gasteiger partial charge in [-0.05, 0) is 60.0 Å². The second kappa shape index (κ2) is 11.1. The van der Waals surface area contributed by atoms with Crippen LogP contribution >= 0.6 is 46.6 Å². The third-order valence-electron chi connectivity index (χ3n) is 6.03. The van der Waals surface area contributed by atoms with Crippen molar-refractivity contribution in [2.45, 2.75) is 24.4 Å². The van der Waals surface area contributed by atoms with E-state index in [1.807, 2.05) is 35.2 Å². The number of rotatable bonds is 5. The molecule has 0 saturated carbocycles. The predicted octanol–water partition coefficient (Wildman–Crippen LogP) is 8.14. The minimum absolute atomic E-state index is 0.0270. The van der Waals surface area contributed by atoms with Gasteiger partial charge in [0.05, 0.1) is 16.8 Å². The van der Waals surface area contributed by atoms with Gasteiger partial charge in [0, 0.05) is 41.0 Å². The van der Waals surface area contributed by atoms with Gasteiger partial charge in [0.1, 0.15) is 0 Å². The highest BCUT2D eigenvalue weighted by molar-refractivity contribution is 8.04. The Kier molecular flexibility index (Phi) is 8.31. The van der Waals surface area contributed by atoms with Gasteiger partial charge < -0.3 is 9.80 Å². The molecule has 0 radical (unpaired) electrons. The Morgan fingerprint density at radius 3 is 2.37 bits per heavy atom. The highest BCUT2D eigenvalue weighted by Gasteiger charge is 2.33. The number of hydrogen-bond donors (Lipinski definition) is 0. The number of allylic oxidation sites excluding steroid dienone is 3. The van der Waals surface area contributed by atoms with Crippen LogP contribution in [0, 0.1) is 5.92 Å². The van der Waals surface area contributed by atoms with E-state index in [0.717, 1.165) is 11.3 Å². The summed E-state index contributed by atoms with van der Waals surface area (Å²) in [6, 6.07) is 12.7. The van der Waals surface area contributed by atoms with E-state index < -0.39 is 5.51 Å². The van der Waals surface area contributed by atoms with E-state index in [1.54, 1.807) is 24.3 Å². The lowest BCUT2D eigenvalue weighted by Gasteiger charge is -2.43. The van der Waals surface area contributed by atoms with Gasteiger partial charge >= 0.3 is 5.51 Å². The summed E-state index contributed by atoms with van der Waals surface area (Å²) in [4.78, 5) is 17.3. The van der Waals surface area contributed by atoms with Gasteiger partial charge in [-0.3, -0.25) is 4.79 Å². The molecule has 10 heteroatoms. The number of carbonyl (C=O) groups excluding carboxylic acids is 1. The van der Waals surface area contributed by atoms with Crippen LogP contribution in [0.25, 0.3) is 0 Å². The summed E-state index contributed by atoms with van der Waals surface area (Å²) in [7, 11) is 0. The zero-order valence-electron chi connectivity index (χ0n) is 18.4. The van der Waals surface area contributed by atoms with Crippen molar-refractivity contribution in [2.24, 2.45) is 5.92 Å². The summed E-state index contributed by atoms with van der Waals surface area (Å²) in [6.07, 6.45) is 5.35. The molecule has 0 bridgehead atoms. The highest BCUT2D eigenvalue weighted by Crippen LogP contribution is 2.40. The molecular weight excluding hydrogens is 540 g/mol. The van der Waals surface area contributed by atoms with Gasteiger partial charge in [0.15, 0.2) is 0 Å². The third kappa shape index (κ3) is 6.91. The van der Waals surface area contributed by atoms with Crippen LogP contribution in [0.5, 0.6) is 0 Å². The first kappa shape index (κ1) is 26.3. The smallest absolute Gasteiger partial charge is 0.360 e. The lowest BCUT2D eigenvalue weighted by Crippen LogP contribution is -2.51. The van der Waals surface area contributed by atoms with Crippen LogP contribution in [-0.4, -0.2) is 35.9 Å². The molecule has 2 unspecified atom stereocenters. The van der Waals surface area contributed by atoms with E-state index in [2.05, 4.69) is 4.90 Å². The first-order valence-electron chi connectivity index (χ1n) is 11.0. The average Bonchev–Trinajstić information content (AvgIpc) is 2.80. The molecule has 1 saturated heterocycles. The minimum Gasteiger partial charge on any atom is -0.360 e. The van der Waals surface area contributed by atoms with Gasteiger partial charge in [-0.15, -0.1) is 0 Å². The summed E-state index contributed by atoms with van der Waals surface area (Å²) in [5.41, 5.74) is -2.49. The topological polar surface area (TPSA) is 23.6 Å². The number of anilines is 1. The number of amides is 1. The van der Waals surface area contributed by atoms with Gasteiger partial charge in [0.25, 0.3) is 0 Å². The number of halogens is 6. The molecule has 1 aliphatic carbocycles. The van der Waals surface area contributed by atoms with Gasteiger partial charge in [-0.2, -0.15) is 13.2 Å². The van der Waals surface area contributed by atoms with E-state index in [9.17, 15) is 18.0 Å². The summed E-state index contributed by atoms with van der Waals surface area (Å²) in [6.45, 7) is 1.51. The van der Waals surface area contributed by atoms with Crippen molar-refractivity contribution in [2.75, 3.05) is 24.5 Å². The van der Waals surface area contributed by atoms with Gasteiger partial charge in [-0.1, -0.05) is 65.2 Å². The van der Waals surface area contributed by atoms with Crippen molar-refractivity contribution in [3.63, 3.8) is 0 Å². The lowest BCUT2D eigenvalue weighted by atomic mass is 9.95. The molecule has 0 spiro atoms. The Bertz CT molecular complexity index is 1140. The number of piperazine rings is 1. The van der Waals surface area contributed by atoms with Crippen LogP contribution < -0.4 is 4.90 Å². The number of carbonyl (C=O) groups is 1. The molecule has 186 valence electrons. The van der Waals surface area contributed by atoms with Crippen LogP contribution in [0.1, 0.15) is 24.4 Å². The molecule has 3 nitrogen and oxygen atoms in total. The van der Waals surface area contributed by atoms with Gasteiger partial charge in [-0.25, -0.2) is 0 Å². The molecular formula is C25H22Cl3F3N2OS. The fourth-order valence-electron chi connectivity index (χ4n) is 4.34. The second-order valence-electron chi connectivity index (χ2n) is 8.41. The molecule has 2 aromatic carbocycles. The van der Waals surface area contributed by atoms with Crippen LogP contribution in [0.2, 0.25) is 15.1 Å². The molecule has 2 aromatic rings. The maximum Gasteiger partial charge on any atom is 0.446 e. The normalized spacial score (nSPS) is 20.7. The first-order valence-corrected chi connectivity index (χ1v) is 12.9. The number of alkyl halides is 3. The van der Waals surface area contributed by atoms with Crippen molar-refractivity contribution in [1.82, 2.24) is 4.90 Å². The summed E-state index contributed by atoms with van der Waals surface area (Å²) >= 11 is 18.6. The largest absolute Gasteiger partial charge is 0.446 e. The molecule has 1 aliphatic heterocycles. The minimum atomic E-state index is -4.32. The summed E-state index contributed by atoms with van der Waals surface area (Å²) in [5.74, 6) is -0.154. The summed E-state index contributed by atoms with van der Waals surface area (Å²) < 4.78 is 37.8. The second-order valence-corrected chi connectivity index (χ2v) is 10.8. The zero-order chi connectivity index (χ0) is 25.2. The highest BCUT2D eigenvalue weighted by atomic mass is 35.5. The number of nitrogens with zero attached hydrogens (tertiary/aromatic N) is 2. The van der Waals surface area contributed by atoms with E-state index in [1.165, 1.54) is 6.08 Å². The van der Waals surface area contributed by atoms with Crippen molar-refractivity contribution < 1.29 is 18.0 Å². The van der Waals surface area contributed by atoms with Crippen LogP contribution in [-0.2, 0) is 4.79 Å². The average molecular weight is 562 g/mol. The maximum atomic E-state index is 13.2. The standard InChI is InChI=1S/C25H22Cl3F3N2OS/c26-18-5-3-17(4-6-18)23-15-32(11-12-33(23)22-10-7-19(27)14-21(22)28)24(34)13-16-1-8-20(9-2-16)35-25(29,30)31/h1,3-10,14,16,23H,2,11-13,15H2. The molecule has 2 aliphatic rings. The third-order valence-corrected chi connectivity index (χ3v) is 7.59. The van der Waals surface area contributed by atoms with E-state index in [4.69, 9.17) is 34.8 Å². The fourth-order valence-corrected chi connectivity index (χ4v) is 5.58. The van der Waals surface area contributed by atoms with Gasteiger partial charge in [0.2, 0.25) is 5.91 Å². The number of hydrogen-bond acceptors (Lipinski definition) is 3. The monoisotopic (exact) mass is 560 g/mol.